The lowest BCUT2D eigenvalue weighted by molar-refractivity contribution is 0.605. The van der Waals surface area contributed by atoms with Crippen molar-refractivity contribution in [3.63, 3.8) is 0 Å². The van der Waals surface area contributed by atoms with Gasteiger partial charge in [-0.05, 0) is 36.2 Å². The summed E-state index contributed by atoms with van der Waals surface area (Å²) in [5, 5.41) is 0.487. The molecule has 0 saturated carbocycles. The van der Waals surface area contributed by atoms with Gasteiger partial charge in [0.2, 0.25) is 0 Å². The summed E-state index contributed by atoms with van der Waals surface area (Å²) in [6.07, 6.45) is 0. The van der Waals surface area contributed by atoms with E-state index >= 15 is 0 Å². The van der Waals surface area contributed by atoms with Gasteiger partial charge in [0, 0.05) is 5.02 Å². The summed E-state index contributed by atoms with van der Waals surface area (Å²) in [4.78, 5) is 0. The molecule has 0 spiro atoms. The smallest absolute Gasteiger partial charge is 0.123 e. The van der Waals surface area contributed by atoms with Crippen molar-refractivity contribution in [2.75, 3.05) is 0 Å². The highest BCUT2D eigenvalue weighted by Crippen LogP contribution is 2.28. The van der Waals surface area contributed by atoms with Crippen LogP contribution in [0.5, 0.6) is 0 Å². The number of benzene rings is 2. The van der Waals surface area contributed by atoms with Crippen LogP contribution in [0.1, 0.15) is 22.7 Å². The van der Waals surface area contributed by atoms with Crippen molar-refractivity contribution in [3.05, 3.63) is 70.0 Å². The van der Waals surface area contributed by atoms with E-state index in [9.17, 15) is 4.39 Å². The molecule has 1 atom stereocenters. The van der Waals surface area contributed by atoms with Crippen LogP contribution >= 0.6 is 11.6 Å². The summed E-state index contributed by atoms with van der Waals surface area (Å²) in [7, 11) is 0. The van der Waals surface area contributed by atoms with Gasteiger partial charge in [-0.3, -0.25) is 5.84 Å². The van der Waals surface area contributed by atoms with E-state index in [1.165, 1.54) is 18.2 Å². The molecule has 0 saturated heterocycles. The Morgan fingerprint density at radius 1 is 1.22 bits per heavy atom. The first-order chi connectivity index (χ1) is 8.61. The highest BCUT2D eigenvalue weighted by Gasteiger charge is 2.16. The molecule has 0 amide bonds. The topological polar surface area (TPSA) is 38.0 Å². The number of rotatable bonds is 3. The van der Waals surface area contributed by atoms with Crippen LogP contribution in [0, 0.1) is 12.7 Å². The van der Waals surface area contributed by atoms with Crippen LogP contribution in [0.3, 0.4) is 0 Å². The Hall–Kier alpha value is -1.42. The van der Waals surface area contributed by atoms with Gasteiger partial charge in [0.25, 0.3) is 0 Å². The van der Waals surface area contributed by atoms with Crippen molar-refractivity contribution in [3.8, 4) is 0 Å². The zero-order chi connectivity index (χ0) is 13.1. The summed E-state index contributed by atoms with van der Waals surface area (Å²) in [5.74, 6) is 5.24. The van der Waals surface area contributed by atoms with Crippen molar-refractivity contribution >= 4 is 11.6 Å². The first kappa shape index (κ1) is 13.0. The molecule has 2 aromatic rings. The fourth-order valence-electron chi connectivity index (χ4n) is 1.95. The second kappa shape index (κ2) is 5.48. The van der Waals surface area contributed by atoms with E-state index in [0.29, 0.717) is 10.6 Å². The van der Waals surface area contributed by atoms with Gasteiger partial charge in [-0.15, -0.1) is 0 Å². The minimum absolute atomic E-state index is 0.326. The Kier molecular flexibility index (Phi) is 3.97. The molecule has 18 heavy (non-hydrogen) atoms. The predicted molar refractivity (Wildman–Crippen MR) is 71.8 cm³/mol. The third-order valence-corrected chi connectivity index (χ3v) is 3.16. The molecule has 4 heteroatoms. The fourth-order valence-corrected chi connectivity index (χ4v) is 2.18. The second-order valence-electron chi connectivity index (χ2n) is 4.18. The molecule has 0 bridgehead atoms. The summed E-state index contributed by atoms with van der Waals surface area (Å²) < 4.78 is 13.3. The number of nitrogens with one attached hydrogen (secondary N) is 1. The quantitative estimate of drug-likeness (QED) is 0.659. The molecule has 0 aliphatic heterocycles. The van der Waals surface area contributed by atoms with Gasteiger partial charge < -0.3 is 0 Å². The van der Waals surface area contributed by atoms with Gasteiger partial charge in [0.15, 0.2) is 0 Å². The van der Waals surface area contributed by atoms with Crippen LogP contribution in [-0.4, -0.2) is 0 Å². The fraction of sp³-hybridized carbons (Fsp3) is 0.143. The summed E-state index contributed by atoms with van der Waals surface area (Å²) in [5.41, 5.74) is 5.37. The van der Waals surface area contributed by atoms with E-state index in [0.717, 1.165) is 11.1 Å². The highest BCUT2D eigenvalue weighted by atomic mass is 35.5. The number of hydrazine groups is 1. The first-order valence-electron chi connectivity index (χ1n) is 5.59. The minimum atomic E-state index is -0.331. The molecule has 0 aliphatic carbocycles. The largest absolute Gasteiger partial charge is 0.271 e. The molecular formula is C14H14ClFN2. The van der Waals surface area contributed by atoms with Gasteiger partial charge >= 0.3 is 0 Å². The van der Waals surface area contributed by atoms with Crippen molar-refractivity contribution < 1.29 is 4.39 Å². The lowest BCUT2D eigenvalue weighted by Gasteiger charge is -2.18. The van der Waals surface area contributed by atoms with Gasteiger partial charge in [-0.2, -0.15) is 0 Å². The van der Waals surface area contributed by atoms with Gasteiger partial charge in [-0.1, -0.05) is 41.4 Å². The molecule has 0 aromatic heterocycles. The predicted octanol–water partition coefficient (Wildman–Crippen LogP) is 3.34. The van der Waals surface area contributed by atoms with E-state index in [4.69, 9.17) is 17.4 Å². The molecular weight excluding hydrogens is 251 g/mol. The summed E-state index contributed by atoms with van der Waals surface area (Å²) in [6.45, 7) is 1.99. The lowest BCUT2D eigenvalue weighted by Crippen LogP contribution is -2.29. The molecule has 1 unspecified atom stereocenters. The van der Waals surface area contributed by atoms with Gasteiger partial charge in [0.05, 0.1) is 6.04 Å². The minimum Gasteiger partial charge on any atom is -0.271 e. The molecule has 0 aliphatic rings. The Labute approximate surface area is 111 Å². The van der Waals surface area contributed by atoms with Gasteiger partial charge in [-0.25, -0.2) is 9.82 Å². The molecule has 2 aromatic carbocycles. The van der Waals surface area contributed by atoms with Crippen LogP contribution in [0.15, 0.2) is 42.5 Å². The third-order valence-electron chi connectivity index (χ3n) is 2.81. The molecule has 0 radical (unpaired) electrons. The lowest BCUT2D eigenvalue weighted by atomic mass is 9.98. The zero-order valence-corrected chi connectivity index (χ0v) is 10.7. The van der Waals surface area contributed by atoms with E-state index < -0.39 is 0 Å². The van der Waals surface area contributed by atoms with Crippen LogP contribution in [0.25, 0.3) is 0 Å². The second-order valence-corrected chi connectivity index (χ2v) is 4.59. The van der Waals surface area contributed by atoms with Crippen molar-refractivity contribution in [2.24, 2.45) is 5.84 Å². The highest BCUT2D eigenvalue weighted by molar-refractivity contribution is 6.31. The zero-order valence-electron chi connectivity index (χ0n) is 9.95. The monoisotopic (exact) mass is 264 g/mol. The Balaban J connectivity index is 2.48. The van der Waals surface area contributed by atoms with Crippen LogP contribution in [-0.2, 0) is 0 Å². The molecule has 0 heterocycles. The maximum absolute atomic E-state index is 13.3. The number of hydrogen-bond acceptors (Lipinski definition) is 2. The SMILES string of the molecule is Cc1cccc(C(NN)c2cc(F)ccc2Cl)c1. The summed E-state index contributed by atoms with van der Waals surface area (Å²) >= 11 is 6.10. The van der Waals surface area contributed by atoms with E-state index in [-0.39, 0.29) is 11.9 Å². The maximum atomic E-state index is 13.3. The van der Waals surface area contributed by atoms with Gasteiger partial charge in [0.1, 0.15) is 5.82 Å². The normalized spacial score (nSPS) is 12.4. The third kappa shape index (κ3) is 2.70. The van der Waals surface area contributed by atoms with Crippen molar-refractivity contribution in [1.82, 2.24) is 5.43 Å². The van der Waals surface area contributed by atoms with E-state index in [1.807, 2.05) is 31.2 Å². The molecule has 2 rings (SSSR count). The number of hydrogen-bond donors (Lipinski definition) is 2. The number of nitrogens with two attached hydrogens (primary N) is 1. The molecule has 3 N–H and O–H groups in total. The van der Waals surface area contributed by atoms with Crippen molar-refractivity contribution in [1.29, 1.82) is 0 Å². The Bertz CT molecular complexity index is 557. The van der Waals surface area contributed by atoms with Crippen LogP contribution < -0.4 is 11.3 Å². The Morgan fingerprint density at radius 2 is 2.00 bits per heavy atom. The Morgan fingerprint density at radius 3 is 2.67 bits per heavy atom. The standard InChI is InChI=1S/C14H14ClFN2/c1-9-3-2-4-10(7-9)14(18-17)12-8-11(16)5-6-13(12)15/h2-8,14,18H,17H2,1H3. The maximum Gasteiger partial charge on any atom is 0.123 e. The molecule has 94 valence electrons. The van der Waals surface area contributed by atoms with Crippen LogP contribution in [0.4, 0.5) is 4.39 Å². The van der Waals surface area contributed by atoms with E-state index in [2.05, 4.69) is 5.43 Å². The summed E-state index contributed by atoms with van der Waals surface area (Å²) in [6, 6.07) is 11.8. The van der Waals surface area contributed by atoms with Crippen LogP contribution in [0.2, 0.25) is 5.02 Å². The average Bonchev–Trinajstić information content (AvgIpc) is 2.35. The molecule has 2 nitrogen and oxygen atoms in total. The van der Waals surface area contributed by atoms with Crippen molar-refractivity contribution in [2.45, 2.75) is 13.0 Å². The van der Waals surface area contributed by atoms with E-state index in [1.54, 1.807) is 0 Å². The first-order valence-corrected chi connectivity index (χ1v) is 5.97. The average molecular weight is 265 g/mol. The molecule has 0 fully saturated rings. The number of halogens is 2. The number of aryl methyl sites for hydroxylation is 1.